The van der Waals surface area contributed by atoms with Gasteiger partial charge in [-0.2, -0.15) is 0 Å². The Bertz CT molecular complexity index is 729. The van der Waals surface area contributed by atoms with E-state index in [4.69, 9.17) is 16.6 Å². The highest BCUT2D eigenvalue weighted by atomic mass is 35.5. The third-order valence-corrected chi connectivity index (χ3v) is 4.68. The standard InChI is InChI=1S/C17H18ClN3O/c18-13-2-5-15-11(9-13)1-6-16(20-15)21-8-7-12(10-21)17(22)19-14-3-4-14/h1-2,5-6,9,12,14H,3-4,7-8,10H2,(H,19,22). The quantitative estimate of drug-likeness (QED) is 0.947. The lowest BCUT2D eigenvalue weighted by Gasteiger charge is -2.18. The molecule has 0 spiro atoms. The Morgan fingerprint density at radius 1 is 1.23 bits per heavy atom. The van der Waals surface area contributed by atoms with E-state index in [1.54, 1.807) is 0 Å². The maximum absolute atomic E-state index is 12.1. The van der Waals surface area contributed by atoms with E-state index in [1.165, 1.54) is 0 Å². The number of nitrogens with zero attached hydrogens (tertiary/aromatic N) is 2. The van der Waals surface area contributed by atoms with Gasteiger partial charge in [0, 0.05) is 29.5 Å². The molecule has 1 aliphatic carbocycles. The minimum atomic E-state index is 0.0864. The molecule has 4 nitrogen and oxygen atoms in total. The monoisotopic (exact) mass is 315 g/mol. The van der Waals surface area contributed by atoms with Gasteiger partial charge in [0.1, 0.15) is 5.82 Å². The van der Waals surface area contributed by atoms with Crippen molar-refractivity contribution in [3.8, 4) is 0 Å². The van der Waals surface area contributed by atoms with E-state index in [-0.39, 0.29) is 11.8 Å². The highest BCUT2D eigenvalue weighted by Crippen LogP contribution is 2.27. The summed E-state index contributed by atoms with van der Waals surface area (Å²) in [5.41, 5.74) is 0.938. The van der Waals surface area contributed by atoms with E-state index in [1.807, 2.05) is 30.3 Å². The molecule has 0 bridgehead atoms. The van der Waals surface area contributed by atoms with Crippen molar-refractivity contribution < 1.29 is 4.79 Å². The minimum absolute atomic E-state index is 0.0864. The average molecular weight is 316 g/mol. The van der Waals surface area contributed by atoms with E-state index < -0.39 is 0 Å². The van der Waals surface area contributed by atoms with Crippen molar-refractivity contribution in [1.82, 2.24) is 10.3 Å². The lowest BCUT2D eigenvalue weighted by atomic mass is 10.1. The van der Waals surface area contributed by atoms with Gasteiger partial charge in [0.15, 0.2) is 0 Å². The van der Waals surface area contributed by atoms with Crippen LogP contribution in [0.3, 0.4) is 0 Å². The first-order valence-electron chi connectivity index (χ1n) is 7.81. The largest absolute Gasteiger partial charge is 0.356 e. The second-order valence-corrected chi connectivity index (χ2v) is 6.66. The molecule has 1 N–H and O–H groups in total. The van der Waals surface area contributed by atoms with E-state index in [0.717, 1.165) is 54.1 Å². The second-order valence-electron chi connectivity index (χ2n) is 6.22. The van der Waals surface area contributed by atoms with Gasteiger partial charge in [-0.1, -0.05) is 11.6 Å². The molecule has 114 valence electrons. The number of halogens is 1. The molecule has 0 radical (unpaired) electrons. The third-order valence-electron chi connectivity index (χ3n) is 4.44. The minimum Gasteiger partial charge on any atom is -0.356 e. The molecule has 22 heavy (non-hydrogen) atoms. The number of hydrogen-bond acceptors (Lipinski definition) is 3. The average Bonchev–Trinajstić information content (AvgIpc) is 3.19. The number of carbonyl (C=O) groups excluding carboxylic acids is 1. The number of benzene rings is 1. The maximum Gasteiger partial charge on any atom is 0.225 e. The lowest BCUT2D eigenvalue weighted by Crippen LogP contribution is -2.34. The van der Waals surface area contributed by atoms with Crippen molar-refractivity contribution in [3.05, 3.63) is 35.4 Å². The molecular weight excluding hydrogens is 298 g/mol. The molecule has 1 atom stereocenters. The van der Waals surface area contributed by atoms with E-state index >= 15 is 0 Å². The third kappa shape index (κ3) is 2.75. The summed E-state index contributed by atoms with van der Waals surface area (Å²) in [6, 6.07) is 10.2. The van der Waals surface area contributed by atoms with Gasteiger partial charge in [0.05, 0.1) is 11.4 Å². The zero-order chi connectivity index (χ0) is 15.1. The van der Waals surface area contributed by atoms with Crippen LogP contribution in [0.2, 0.25) is 5.02 Å². The summed E-state index contributed by atoms with van der Waals surface area (Å²) in [6.07, 6.45) is 3.17. The first kappa shape index (κ1) is 13.8. The molecule has 1 unspecified atom stereocenters. The number of hydrogen-bond donors (Lipinski definition) is 1. The SMILES string of the molecule is O=C(NC1CC1)C1CCN(c2ccc3cc(Cl)ccc3n2)C1. The van der Waals surface area contributed by atoms with Crippen LogP contribution in [0.5, 0.6) is 0 Å². The summed E-state index contributed by atoms with van der Waals surface area (Å²) in [4.78, 5) is 19.1. The van der Waals surface area contributed by atoms with Crippen LogP contribution in [0, 0.1) is 5.92 Å². The van der Waals surface area contributed by atoms with Crippen LogP contribution in [0.15, 0.2) is 30.3 Å². The zero-order valence-electron chi connectivity index (χ0n) is 12.3. The molecule has 1 aliphatic heterocycles. The molecule has 1 amide bonds. The Balaban J connectivity index is 1.50. The van der Waals surface area contributed by atoms with Crippen LogP contribution in [-0.4, -0.2) is 30.0 Å². The predicted octanol–water partition coefficient (Wildman–Crippen LogP) is 2.99. The van der Waals surface area contributed by atoms with Crippen LogP contribution in [0.25, 0.3) is 10.9 Å². The van der Waals surface area contributed by atoms with Crippen LogP contribution in [0.1, 0.15) is 19.3 Å². The first-order chi connectivity index (χ1) is 10.7. The van der Waals surface area contributed by atoms with Gasteiger partial charge in [0.2, 0.25) is 5.91 Å². The fourth-order valence-electron chi connectivity index (χ4n) is 2.99. The molecule has 1 saturated heterocycles. The first-order valence-corrected chi connectivity index (χ1v) is 8.18. The summed E-state index contributed by atoms with van der Waals surface area (Å²) in [7, 11) is 0. The number of rotatable bonds is 3. The number of carbonyl (C=O) groups is 1. The van der Waals surface area contributed by atoms with Gasteiger partial charge in [-0.3, -0.25) is 4.79 Å². The number of pyridine rings is 1. The molecule has 2 fully saturated rings. The van der Waals surface area contributed by atoms with Crippen molar-refractivity contribution in [2.45, 2.75) is 25.3 Å². The number of amides is 1. The number of fused-ring (bicyclic) bond motifs is 1. The summed E-state index contributed by atoms with van der Waals surface area (Å²) >= 11 is 6.00. The highest BCUT2D eigenvalue weighted by molar-refractivity contribution is 6.31. The van der Waals surface area contributed by atoms with Gasteiger partial charge in [-0.15, -0.1) is 0 Å². The Morgan fingerprint density at radius 3 is 2.91 bits per heavy atom. The zero-order valence-corrected chi connectivity index (χ0v) is 13.0. The maximum atomic E-state index is 12.1. The molecule has 2 heterocycles. The smallest absolute Gasteiger partial charge is 0.225 e. The number of nitrogens with one attached hydrogen (secondary N) is 1. The Hall–Kier alpha value is -1.81. The molecule has 1 saturated carbocycles. The van der Waals surface area contributed by atoms with Crippen molar-refractivity contribution in [3.63, 3.8) is 0 Å². The summed E-state index contributed by atoms with van der Waals surface area (Å²) in [6.45, 7) is 1.64. The van der Waals surface area contributed by atoms with Gasteiger partial charge in [0.25, 0.3) is 0 Å². The molecule has 2 aliphatic rings. The number of aromatic nitrogens is 1. The fraction of sp³-hybridized carbons (Fsp3) is 0.412. The normalized spacial score (nSPS) is 21.3. The van der Waals surface area contributed by atoms with E-state index in [2.05, 4.69) is 10.2 Å². The van der Waals surface area contributed by atoms with Gasteiger partial charge in [-0.25, -0.2) is 4.98 Å². The van der Waals surface area contributed by atoms with Crippen LogP contribution in [0.4, 0.5) is 5.82 Å². The van der Waals surface area contributed by atoms with E-state index in [0.29, 0.717) is 6.04 Å². The molecule has 1 aromatic heterocycles. The van der Waals surface area contributed by atoms with Crippen molar-refractivity contribution >= 4 is 34.2 Å². The van der Waals surface area contributed by atoms with Crippen LogP contribution < -0.4 is 10.2 Å². The second kappa shape index (κ2) is 5.43. The predicted molar refractivity (Wildman–Crippen MR) is 88.2 cm³/mol. The van der Waals surface area contributed by atoms with Crippen molar-refractivity contribution in [1.29, 1.82) is 0 Å². The Kier molecular flexibility index (Phi) is 3.41. The van der Waals surface area contributed by atoms with Gasteiger partial charge >= 0.3 is 0 Å². The highest BCUT2D eigenvalue weighted by Gasteiger charge is 2.32. The van der Waals surface area contributed by atoms with Crippen molar-refractivity contribution in [2.75, 3.05) is 18.0 Å². The van der Waals surface area contributed by atoms with Gasteiger partial charge in [-0.05, 0) is 49.6 Å². The lowest BCUT2D eigenvalue weighted by molar-refractivity contribution is -0.124. The van der Waals surface area contributed by atoms with Crippen molar-refractivity contribution in [2.24, 2.45) is 5.92 Å². The number of anilines is 1. The Morgan fingerprint density at radius 2 is 2.09 bits per heavy atom. The van der Waals surface area contributed by atoms with E-state index in [9.17, 15) is 4.79 Å². The Labute approximate surface area is 134 Å². The van der Waals surface area contributed by atoms with Crippen LogP contribution >= 0.6 is 11.6 Å². The van der Waals surface area contributed by atoms with Gasteiger partial charge < -0.3 is 10.2 Å². The summed E-state index contributed by atoms with van der Waals surface area (Å²) in [5.74, 6) is 1.23. The molecular formula is C17H18ClN3O. The molecule has 4 rings (SSSR count). The fourth-order valence-corrected chi connectivity index (χ4v) is 3.17. The molecule has 2 aromatic rings. The molecule has 1 aromatic carbocycles. The summed E-state index contributed by atoms with van der Waals surface area (Å²) < 4.78 is 0. The topological polar surface area (TPSA) is 45.2 Å². The van der Waals surface area contributed by atoms with Crippen LogP contribution in [-0.2, 0) is 4.79 Å². The molecule has 5 heteroatoms. The summed E-state index contributed by atoms with van der Waals surface area (Å²) in [5, 5.41) is 4.87.